The minimum Gasteiger partial charge on any atom is -0.459 e. The lowest BCUT2D eigenvalue weighted by Crippen LogP contribution is -2.61. The second-order valence-corrected chi connectivity index (χ2v) is 19.1. The molecule has 0 aromatic heterocycles. The number of Topliss-reactive ketones (excluding diaryl/α,β-unsaturated/α-hetero) is 1. The van der Waals surface area contributed by atoms with Crippen molar-refractivity contribution in [1.82, 2.24) is 4.90 Å². The molecule has 326 valence electrons. The van der Waals surface area contributed by atoms with E-state index < -0.39 is 65.3 Å². The molecule has 0 spiro atoms. The van der Waals surface area contributed by atoms with E-state index >= 15 is 0 Å². The van der Waals surface area contributed by atoms with Crippen LogP contribution >= 0.6 is 0 Å². The van der Waals surface area contributed by atoms with Crippen molar-refractivity contribution in [3.8, 4) is 0 Å². The quantitative estimate of drug-likeness (QED) is 0.163. The average Bonchev–Trinajstić information content (AvgIpc) is 3.17. The molecule has 1 aromatic rings. The monoisotopic (exact) mass is 812 g/mol. The number of ether oxygens (including phenoxy) is 3. The molecule has 2 aliphatic heterocycles. The molecule has 2 heterocycles. The molecule has 13 atom stereocenters. The van der Waals surface area contributed by atoms with E-state index in [-0.39, 0.29) is 48.3 Å². The van der Waals surface area contributed by atoms with Crippen LogP contribution in [0, 0.1) is 35.0 Å². The minimum absolute atomic E-state index is 0.257. The molecular weight excluding hydrogens is 739 g/mol. The fourth-order valence-electron chi connectivity index (χ4n) is 9.81. The van der Waals surface area contributed by atoms with E-state index in [9.17, 15) is 24.6 Å². The number of benzene rings is 1. The van der Waals surface area contributed by atoms with Crippen molar-refractivity contribution in [2.75, 3.05) is 7.05 Å². The minimum atomic E-state index is -1.57. The first kappa shape index (κ1) is 47.6. The summed E-state index contributed by atoms with van der Waals surface area (Å²) in [6.45, 7) is 22.9. The maximum atomic E-state index is 14.6. The molecule has 1 saturated carbocycles. The second-order valence-electron chi connectivity index (χ2n) is 19.1. The Balaban J connectivity index is 1.94. The van der Waals surface area contributed by atoms with Crippen molar-refractivity contribution in [2.24, 2.45) is 45.2 Å². The number of cyclic esters (lactones) is 1. The summed E-state index contributed by atoms with van der Waals surface area (Å²) in [5.74, 6) is -4.74. The topological polar surface area (TPSA) is 157 Å². The fourth-order valence-corrected chi connectivity index (χ4v) is 9.81. The Labute approximate surface area is 347 Å². The molecule has 3 fully saturated rings. The molecule has 0 radical (unpaired) electrons. The SMILES string of the molecule is CC[C@H]1OC(=O)[C@H](C)C(=O)[C@H](C)[C@@H](O[C@@H]2O[C@H](C)C[C@H](N(C)C(C)(C)C)[C@H]2O)[C@]2(C)CC/C(=N/OCc3ccccc3)CC[C@H]([C@@H](C)/C(=N/C(C)=O)[C@H](C)C2)[C@]1(C)O. The van der Waals surface area contributed by atoms with Crippen LogP contribution in [0.5, 0.6) is 0 Å². The van der Waals surface area contributed by atoms with Gasteiger partial charge in [0.2, 0.25) is 5.91 Å². The van der Waals surface area contributed by atoms with Gasteiger partial charge in [0.25, 0.3) is 0 Å². The van der Waals surface area contributed by atoms with E-state index in [0.29, 0.717) is 44.2 Å². The number of nitrogens with zero attached hydrogens (tertiary/aromatic N) is 3. The van der Waals surface area contributed by atoms with Gasteiger partial charge in [-0.25, -0.2) is 4.99 Å². The molecular formula is C46H73N3O9. The number of carbonyl (C=O) groups excluding carboxylic acids is 3. The maximum absolute atomic E-state index is 14.6. The Morgan fingerprint density at radius 2 is 1.69 bits per heavy atom. The molecule has 12 nitrogen and oxygen atoms in total. The van der Waals surface area contributed by atoms with Gasteiger partial charge in [0.15, 0.2) is 12.1 Å². The summed E-state index contributed by atoms with van der Waals surface area (Å²) >= 11 is 0. The van der Waals surface area contributed by atoms with Gasteiger partial charge in [-0.3, -0.25) is 19.3 Å². The van der Waals surface area contributed by atoms with Crippen LogP contribution in [0.2, 0.25) is 0 Å². The number of likely N-dealkylation sites (N-methyl/N-ethyl adjacent to an activating group) is 1. The molecule has 2 bridgehead atoms. The number of hydrogen-bond donors (Lipinski definition) is 2. The Morgan fingerprint density at radius 3 is 2.29 bits per heavy atom. The Hall–Kier alpha value is -3.03. The lowest BCUT2D eigenvalue weighted by Gasteiger charge is -2.50. The fraction of sp³-hybridized carbons (Fsp3) is 0.761. The molecule has 12 heteroatoms. The summed E-state index contributed by atoms with van der Waals surface area (Å²) in [4.78, 5) is 54.3. The summed E-state index contributed by atoms with van der Waals surface area (Å²) in [6, 6.07) is 9.50. The van der Waals surface area contributed by atoms with Crippen LogP contribution in [0.25, 0.3) is 0 Å². The molecule has 1 aromatic carbocycles. The average molecular weight is 812 g/mol. The first-order valence-corrected chi connectivity index (χ1v) is 21.5. The molecule has 1 aliphatic carbocycles. The van der Waals surface area contributed by atoms with Crippen molar-refractivity contribution < 1.29 is 43.6 Å². The molecule has 1 amide bonds. The number of aliphatic hydroxyl groups excluding tert-OH is 1. The number of ketones is 1. The Morgan fingerprint density at radius 1 is 1.03 bits per heavy atom. The van der Waals surface area contributed by atoms with Gasteiger partial charge in [-0.15, -0.1) is 0 Å². The van der Waals surface area contributed by atoms with E-state index in [1.807, 2.05) is 65.1 Å². The van der Waals surface area contributed by atoms with E-state index in [1.165, 1.54) is 6.92 Å². The van der Waals surface area contributed by atoms with Crippen LogP contribution in [0.3, 0.4) is 0 Å². The van der Waals surface area contributed by atoms with Crippen molar-refractivity contribution in [1.29, 1.82) is 0 Å². The Kier molecular flexibility index (Phi) is 16.1. The zero-order chi connectivity index (χ0) is 43.3. The van der Waals surface area contributed by atoms with E-state index in [1.54, 1.807) is 20.8 Å². The molecule has 3 aliphatic rings. The third-order valence-electron chi connectivity index (χ3n) is 13.5. The summed E-state index contributed by atoms with van der Waals surface area (Å²) in [5.41, 5.74) is -0.284. The van der Waals surface area contributed by atoms with Crippen LogP contribution in [0.1, 0.15) is 134 Å². The highest BCUT2D eigenvalue weighted by molar-refractivity contribution is 6.00. The van der Waals surface area contributed by atoms with Gasteiger partial charge in [-0.05, 0) is 116 Å². The number of oxime groups is 1. The van der Waals surface area contributed by atoms with Crippen LogP contribution in [-0.4, -0.2) is 99.1 Å². The number of aliphatic imine (C=N–C) groups is 1. The Bertz CT molecular complexity index is 1620. The predicted molar refractivity (Wildman–Crippen MR) is 225 cm³/mol. The van der Waals surface area contributed by atoms with Crippen molar-refractivity contribution >= 4 is 29.1 Å². The molecule has 58 heavy (non-hydrogen) atoms. The summed E-state index contributed by atoms with van der Waals surface area (Å²) < 4.78 is 19.6. The third kappa shape index (κ3) is 11.2. The highest BCUT2D eigenvalue weighted by Gasteiger charge is 2.52. The van der Waals surface area contributed by atoms with Gasteiger partial charge in [-0.1, -0.05) is 70.1 Å². The van der Waals surface area contributed by atoms with Gasteiger partial charge in [-0.2, -0.15) is 0 Å². The molecule has 2 N–H and O–H groups in total. The number of fused-ring (bicyclic) bond motifs is 5. The highest BCUT2D eigenvalue weighted by atomic mass is 16.7. The van der Waals surface area contributed by atoms with Gasteiger partial charge in [0, 0.05) is 36.1 Å². The first-order chi connectivity index (χ1) is 27.0. The van der Waals surface area contributed by atoms with Crippen molar-refractivity contribution in [2.45, 2.75) is 183 Å². The number of rotatable bonds is 7. The van der Waals surface area contributed by atoms with Gasteiger partial charge in [0.05, 0.1) is 17.9 Å². The standard InChI is InChI=1S/C46H73N3O9/c1-14-37-46(12,54)35-21-20-34(48-55-26-33-18-16-15-17-19-33)22-23-45(11,25-27(2)38(29(35)4)47-32(7)50)41(30(5)39(51)31(6)42(53)57-37)58-43-40(52)36(24-28(3)56-43)49(13)44(8,9)10/h15-19,27-31,35-37,40-41,43,52,54H,14,20-26H2,1-13H3/b47-38+,48-34+/t27-,28-,29-,30+,31-,35-,36+,37-,40-,41-,43+,45-,46+/m1/s1. The molecule has 2 saturated heterocycles. The zero-order valence-electron chi connectivity index (χ0n) is 37.5. The molecule has 4 rings (SSSR count). The summed E-state index contributed by atoms with van der Waals surface area (Å²) in [6.07, 6.45) is -1.08. The lowest BCUT2D eigenvalue weighted by atomic mass is 9.65. The van der Waals surface area contributed by atoms with Crippen molar-refractivity contribution in [3.63, 3.8) is 0 Å². The van der Waals surface area contributed by atoms with Gasteiger partial charge in [0.1, 0.15) is 30.3 Å². The maximum Gasteiger partial charge on any atom is 0.316 e. The number of aliphatic hydroxyl groups is 2. The number of amides is 1. The van der Waals surface area contributed by atoms with Crippen LogP contribution in [0.15, 0.2) is 40.5 Å². The van der Waals surface area contributed by atoms with Crippen LogP contribution in [0.4, 0.5) is 0 Å². The molecule has 0 unspecified atom stereocenters. The largest absolute Gasteiger partial charge is 0.459 e. The van der Waals surface area contributed by atoms with Crippen LogP contribution < -0.4 is 0 Å². The second kappa shape index (κ2) is 19.6. The first-order valence-electron chi connectivity index (χ1n) is 21.5. The number of carbonyl (C=O) groups is 3. The van der Waals surface area contributed by atoms with E-state index in [0.717, 1.165) is 11.3 Å². The van der Waals surface area contributed by atoms with E-state index in [4.69, 9.17) is 24.2 Å². The van der Waals surface area contributed by atoms with E-state index in [2.05, 4.69) is 37.6 Å². The lowest BCUT2D eigenvalue weighted by molar-refractivity contribution is -0.290. The summed E-state index contributed by atoms with van der Waals surface area (Å²) in [5, 5.41) is 29.3. The van der Waals surface area contributed by atoms with Gasteiger partial charge >= 0.3 is 5.97 Å². The third-order valence-corrected chi connectivity index (χ3v) is 13.5. The van der Waals surface area contributed by atoms with Gasteiger partial charge < -0.3 is 29.3 Å². The summed E-state index contributed by atoms with van der Waals surface area (Å²) in [7, 11) is 1.99. The smallest absolute Gasteiger partial charge is 0.316 e. The number of hydrogen-bond acceptors (Lipinski definition) is 11. The number of esters is 1. The van der Waals surface area contributed by atoms with Crippen molar-refractivity contribution in [3.05, 3.63) is 35.9 Å². The van der Waals surface area contributed by atoms with Crippen LogP contribution in [-0.2, 0) is 40.0 Å². The normalized spacial score (nSPS) is 38.8. The highest BCUT2D eigenvalue weighted by Crippen LogP contribution is 2.46. The zero-order valence-corrected chi connectivity index (χ0v) is 37.5. The predicted octanol–water partition coefficient (Wildman–Crippen LogP) is 7.31.